The molecule has 1 saturated carbocycles. The van der Waals surface area contributed by atoms with Gasteiger partial charge in [0.05, 0.1) is 6.04 Å². The van der Waals surface area contributed by atoms with Crippen LogP contribution in [0.4, 0.5) is 0 Å². The molecule has 19 heavy (non-hydrogen) atoms. The summed E-state index contributed by atoms with van der Waals surface area (Å²) >= 11 is 1.75. The highest BCUT2D eigenvalue weighted by molar-refractivity contribution is 7.07. The Labute approximate surface area is 119 Å². The highest BCUT2D eigenvalue weighted by Gasteiger charge is 2.30. The van der Waals surface area contributed by atoms with Gasteiger partial charge in [0.2, 0.25) is 5.91 Å². The fourth-order valence-electron chi connectivity index (χ4n) is 2.84. The van der Waals surface area contributed by atoms with Gasteiger partial charge in [-0.1, -0.05) is 6.42 Å². The molecule has 1 N–H and O–H groups in total. The topological polar surface area (TPSA) is 32.3 Å². The highest BCUT2D eigenvalue weighted by Crippen LogP contribution is 2.30. The van der Waals surface area contributed by atoms with Crippen LogP contribution in [-0.4, -0.2) is 30.4 Å². The van der Waals surface area contributed by atoms with Crippen LogP contribution in [0.5, 0.6) is 0 Å². The van der Waals surface area contributed by atoms with Gasteiger partial charge < -0.3 is 5.32 Å². The molecule has 1 aliphatic heterocycles. The summed E-state index contributed by atoms with van der Waals surface area (Å²) in [5.41, 5.74) is 1.36. The normalized spacial score (nSPS) is 22.1. The minimum Gasteiger partial charge on any atom is -0.354 e. The molecule has 1 aromatic heterocycles. The van der Waals surface area contributed by atoms with Crippen LogP contribution in [-0.2, 0) is 4.79 Å². The number of carbonyl (C=O) groups excluding carboxylic acids is 1. The summed E-state index contributed by atoms with van der Waals surface area (Å²) in [7, 11) is 0. The Morgan fingerprint density at radius 3 is 2.79 bits per heavy atom. The van der Waals surface area contributed by atoms with Crippen LogP contribution in [0.2, 0.25) is 0 Å². The summed E-state index contributed by atoms with van der Waals surface area (Å²) in [6, 6.07) is 2.57. The third kappa shape index (κ3) is 3.37. The molecule has 0 bridgehead atoms. The largest absolute Gasteiger partial charge is 0.354 e. The number of likely N-dealkylation sites (tertiary alicyclic amines) is 1. The number of nitrogens with one attached hydrogen (secondary N) is 1. The third-order valence-corrected chi connectivity index (χ3v) is 4.88. The van der Waals surface area contributed by atoms with Crippen LogP contribution >= 0.6 is 11.3 Å². The van der Waals surface area contributed by atoms with E-state index in [1.165, 1.54) is 37.9 Å². The lowest BCUT2D eigenvalue weighted by molar-refractivity contribution is -0.122. The van der Waals surface area contributed by atoms with Gasteiger partial charge in [0.25, 0.3) is 0 Å². The molecule has 1 aromatic rings. The lowest BCUT2D eigenvalue weighted by Crippen LogP contribution is -2.40. The van der Waals surface area contributed by atoms with Crippen LogP contribution in [0, 0.1) is 5.92 Å². The first-order valence-electron chi connectivity index (χ1n) is 7.38. The fourth-order valence-corrected chi connectivity index (χ4v) is 3.55. The number of nitrogens with zero attached hydrogens (tertiary/aromatic N) is 1. The minimum atomic E-state index is 0.261. The maximum Gasteiger partial charge on any atom is 0.223 e. The SMILES string of the molecule is O=C(NCC(c1ccsc1)N1CCCCC1)C1CC1. The standard InChI is InChI=1S/C15H22N2OS/c18-15(12-4-5-12)16-10-14(13-6-9-19-11-13)17-7-2-1-3-8-17/h6,9,11-12,14H,1-5,7-8,10H2,(H,16,18). The van der Waals surface area contributed by atoms with Crippen LogP contribution in [0.1, 0.15) is 43.7 Å². The Morgan fingerprint density at radius 1 is 1.37 bits per heavy atom. The Morgan fingerprint density at radius 2 is 2.16 bits per heavy atom. The zero-order valence-electron chi connectivity index (χ0n) is 11.3. The van der Waals surface area contributed by atoms with Crippen molar-refractivity contribution in [2.75, 3.05) is 19.6 Å². The molecular weight excluding hydrogens is 256 g/mol. The fraction of sp³-hybridized carbons (Fsp3) is 0.667. The lowest BCUT2D eigenvalue weighted by atomic mass is 10.0. The van der Waals surface area contributed by atoms with Crippen molar-refractivity contribution >= 4 is 17.2 Å². The predicted molar refractivity (Wildman–Crippen MR) is 78.2 cm³/mol. The molecule has 0 aromatic carbocycles. The van der Waals surface area contributed by atoms with E-state index < -0.39 is 0 Å². The molecule has 3 nitrogen and oxygen atoms in total. The number of hydrogen-bond acceptors (Lipinski definition) is 3. The van der Waals surface area contributed by atoms with E-state index in [1.807, 2.05) is 0 Å². The molecule has 2 fully saturated rings. The van der Waals surface area contributed by atoms with Gasteiger partial charge in [-0.15, -0.1) is 0 Å². The molecule has 2 aliphatic rings. The van der Waals surface area contributed by atoms with Crippen molar-refractivity contribution in [2.45, 2.75) is 38.1 Å². The van der Waals surface area contributed by atoms with Crippen molar-refractivity contribution in [3.8, 4) is 0 Å². The van der Waals surface area contributed by atoms with Crippen molar-refractivity contribution in [1.82, 2.24) is 10.2 Å². The van der Waals surface area contributed by atoms with Gasteiger partial charge in [-0.25, -0.2) is 0 Å². The van der Waals surface area contributed by atoms with E-state index in [0.717, 1.165) is 19.4 Å². The zero-order valence-corrected chi connectivity index (χ0v) is 12.1. The first kappa shape index (κ1) is 13.1. The number of piperidine rings is 1. The van der Waals surface area contributed by atoms with Crippen molar-refractivity contribution in [1.29, 1.82) is 0 Å². The van der Waals surface area contributed by atoms with Gasteiger partial charge in [0, 0.05) is 12.5 Å². The smallest absolute Gasteiger partial charge is 0.223 e. The van der Waals surface area contributed by atoms with Crippen LogP contribution in [0.15, 0.2) is 16.8 Å². The second-order valence-electron chi connectivity index (χ2n) is 5.69. The first-order valence-corrected chi connectivity index (χ1v) is 8.33. The molecule has 1 atom stereocenters. The molecule has 4 heteroatoms. The van der Waals surface area contributed by atoms with Crippen molar-refractivity contribution in [3.05, 3.63) is 22.4 Å². The lowest BCUT2D eigenvalue weighted by Gasteiger charge is -2.34. The molecule has 1 amide bonds. The minimum absolute atomic E-state index is 0.261. The quantitative estimate of drug-likeness (QED) is 0.898. The van der Waals surface area contributed by atoms with E-state index >= 15 is 0 Å². The van der Waals surface area contributed by atoms with Gasteiger partial charge >= 0.3 is 0 Å². The van der Waals surface area contributed by atoms with Crippen LogP contribution < -0.4 is 5.32 Å². The average Bonchev–Trinajstić information content (AvgIpc) is 3.17. The molecule has 0 spiro atoms. The second-order valence-corrected chi connectivity index (χ2v) is 6.47. The van der Waals surface area contributed by atoms with Crippen molar-refractivity contribution < 1.29 is 4.79 Å². The summed E-state index contributed by atoms with van der Waals surface area (Å²) in [6.45, 7) is 3.10. The number of thiophene rings is 1. The summed E-state index contributed by atoms with van der Waals surface area (Å²) in [4.78, 5) is 14.4. The molecule has 1 saturated heterocycles. The Kier molecular flexibility index (Phi) is 4.18. The van der Waals surface area contributed by atoms with E-state index in [0.29, 0.717) is 12.0 Å². The van der Waals surface area contributed by atoms with Gasteiger partial charge in [-0.05, 0) is 61.2 Å². The highest BCUT2D eigenvalue weighted by atomic mass is 32.1. The maximum absolute atomic E-state index is 11.8. The molecular formula is C15H22N2OS. The number of amides is 1. The van der Waals surface area contributed by atoms with Gasteiger partial charge in [0.1, 0.15) is 0 Å². The Bertz CT molecular complexity index is 408. The summed E-state index contributed by atoms with van der Waals surface area (Å²) < 4.78 is 0. The van der Waals surface area contributed by atoms with Crippen molar-refractivity contribution in [2.24, 2.45) is 5.92 Å². The third-order valence-electron chi connectivity index (χ3n) is 4.18. The molecule has 104 valence electrons. The molecule has 0 radical (unpaired) electrons. The van der Waals surface area contributed by atoms with E-state index in [2.05, 4.69) is 27.0 Å². The number of carbonyl (C=O) groups is 1. The van der Waals surface area contributed by atoms with E-state index in [9.17, 15) is 4.79 Å². The second kappa shape index (κ2) is 6.06. The van der Waals surface area contributed by atoms with Gasteiger partial charge in [-0.2, -0.15) is 11.3 Å². The Balaban J connectivity index is 1.63. The van der Waals surface area contributed by atoms with Gasteiger partial charge in [-0.3, -0.25) is 9.69 Å². The summed E-state index contributed by atoms with van der Waals surface area (Å²) in [5.74, 6) is 0.571. The van der Waals surface area contributed by atoms with E-state index in [1.54, 1.807) is 11.3 Å². The van der Waals surface area contributed by atoms with Gasteiger partial charge in [0.15, 0.2) is 0 Å². The van der Waals surface area contributed by atoms with Crippen molar-refractivity contribution in [3.63, 3.8) is 0 Å². The molecule has 1 aliphatic carbocycles. The zero-order chi connectivity index (χ0) is 13.1. The number of rotatable bonds is 5. The molecule has 3 rings (SSSR count). The summed E-state index contributed by atoms with van der Waals surface area (Å²) in [6.07, 6.45) is 6.09. The van der Waals surface area contributed by atoms with Crippen LogP contribution in [0.3, 0.4) is 0 Å². The molecule has 2 heterocycles. The summed E-state index contributed by atoms with van der Waals surface area (Å²) in [5, 5.41) is 7.51. The number of hydrogen-bond donors (Lipinski definition) is 1. The first-order chi connectivity index (χ1) is 9.34. The predicted octanol–water partition coefficient (Wildman–Crippen LogP) is 2.80. The van der Waals surface area contributed by atoms with E-state index in [-0.39, 0.29) is 5.91 Å². The van der Waals surface area contributed by atoms with E-state index in [4.69, 9.17) is 0 Å². The average molecular weight is 278 g/mol. The molecule has 1 unspecified atom stereocenters. The van der Waals surface area contributed by atoms with Crippen LogP contribution in [0.25, 0.3) is 0 Å². The monoisotopic (exact) mass is 278 g/mol. The maximum atomic E-state index is 11.8. The Hall–Kier alpha value is -0.870.